The van der Waals surface area contributed by atoms with Crippen molar-refractivity contribution in [1.82, 2.24) is 10.2 Å². The summed E-state index contributed by atoms with van der Waals surface area (Å²) in [4.78, 5) is 30.4. The number of benzene rings is 4. The summed E-state index contributed by atoms with van der Waals surface area (Å²) in [5.41, 5.74) is 3.04. The Labute approximate surface area is 283 Å². The average Bonchev–Trinajstić information content (AvgIpc) is 3.10. The molecule has 9 heteroatoms. The number of hydrogen-bond acceptors (Lipinski definition) is 4. The van der Waals surface area contributed by atoms with Crippen molar-refractivity contribution in [2.45, 2.75) is 75.4 Å². The molecular formula is C38H42ClN3O4S. The van der Waals surface area contributed by atoms with Crippen molar-refractivity contribution in [3.05, 3.63) is 131 Å². The van der Waals surface area contributed by atoms with Crippen LogP contribution < -0.4 is 9.62 Å². The van der Waals surface area contributed by atoms with E-state index in [-0.39, 0.29) is 29.8 Å². The summed E-state index contributed by atoms with van der Waals surface area (Å²) in [5, 5.41) is 3.74. The Kier molecular flexibility index (Phi) is 11.7. The molecule has 4 aromatic carbocycles. The van der Waals surface area contributed by atoms with Crippen LogP contribution in [0.1, 0.15) is 55.7 Å². The Balaban J connectivity index is 1.56. The molecule has 0 radical (unpaired) electrons. The summed E-state index contributed by atoms with van der Waals surface area (Å²) in [6.45, 7) is 1.60. The molecule has 1 N–H and O–H groups in total. The number of nitrogens with zero attached hydrogens (tertiary/aromatic N) is 2. The minimum absolute atomic E-state index is 0.0321. The van der Waals surface area contributed by atoms with Crippen LogP contribution >= 0.6 is 11.6 Å². The molecule has 1 aliphatic rings. The molecule has 0 aliphatic heterocycles. The number of carbonyl (C=O) groups is 2. The van der Waals surface area contributed by atoms with E-state index < -0.39 is 28.5 Å². The van der Waals surface area contributed by atoms with Gasteiger partial charge in [-0.05, 0) is 72.4 Å². The minimum Gasteiger partial charge on any atom is -0.352 e. The number of rotatable bonds is 13. The number of carbonyl (C=O) groups excluding carboxylic acids is 2. The zero-order chi connectivity index (χ0) is 33.2. The summed E-state index contributed by atoms with van der Waals surface area (Å²) in [7, 11) is -4.15. The Morgan fingerprint density at radius 3 is 2.09 bits per heavy atom. The quantitative estimate of drug-likeness (QED) is 0.163. The van der Waals surface area contributed by atoms with Gasteiger partial charge >= 0.3 is 0 Å². The first-order valence-electron chi connectivity index (χ1n) is 16.3. The molecule has 5 rings (SSSR count). The van der Waals surface area contributed by atoms with Crippen molar-refractivity contribution in [2.75, 3.05) is 10.8 Å². The van der Waals surface area contributed by atoms with Crippen molar-refractivity contribution < 1.29 is 18.0 Å². The van der Waals surface area contributed by atoms with Gasteiger partial charge < -0.3 is 10.2 Å². The second kappa shape index (κ2) is 16.1. The lowest BCUT2D eigenvalue weighted by Gasteiger charge is -2.35. The normalized spacial score (nSPS) is 14.3. The molecule has 2 amide bonds. The van der Waals surface area contributed by atoms with Crippen LogP contribution in [0.4, 0.5) is 5.69 Å². The predicted molar refractivity (Wildman–Crippen MR) is 188 cm³/mol. The molecule has 246 valence electrons. The van der Waals surface area contributed by atoms with E-state index in [1.807, 2.05) is 55.5 Å². The number of nitrogens with one attached hydrogen (secondary N) is 1. The van der Waals surface area contributed by atoms with Crippen LogP contribution in [0.3, 0.4) is 0 Å². The van der Waals surface area contributed by atoms with Gasteiger partial charge in [-0.2, -0.15) is 0 Å². The highest BCUT2D eigenvalue weighted by atomic mass is 35.5. The molecule has 0 heterocycles. The average molecular weight is 672 g/mol. The first kappa shape index (κ1) is 34.2. The van der Waals surface area contributed by atoms with Crippen molar-refractivity contribution in [3.63, 3.8) is 0 Å². The molecule has 0 spiro atoms. The van der Waals surface area contributed by atoms with E-state index in [2.05, 4.69) is 5.32 Å². The van der Waals surface area contributed by atoms with Gasteiger partial charge in [0.15, 0.2) is 0 Å². The first-order chi connectivity index (χ1) is 22.7. The molecule has 0 aromatic heterocycles. The van der Waals surface area contributed by atoms with Gasteiger partial charge in [0.2, 0.25) is 11.8 Å². The predicted octanol–water partition coefficient (Wildman–Crippen LogP) is 7.19. The van der Waals surface area contributed by atoms with Gasteiger partial charge in [-0.3, -0.25) is 13.9 Å². The fourth-order valence-electron chi connectivity index (χ4n) is 6.08. The zero-order valence-corrected chi connectivity index (χ0v) is 28.3. The SMILES string of the molecule is CCc1ccc(N(CC(=O)N(Cc2cccc(Cl)c2)[C@H](Cc2ccccc2)C(=O)NC2CCCCC2)S(=O)(=O)c2ccccc2)cc1. The fourth-order valence-corrected chi connectivity index (χ4v) is 7.72. The van der Waals surface area contributed by atoms with E-state index in [0.29, 0.717) is 10.7 Å². The molecule has 1 saturated carbocycles. The van der Waals surface area contributed by atoms with E-state index in [0.717, 1.165) is 59.5 Å². The Morgan fingerprint density at radius 2 is 1.45 bits per heavy atom. The van der Waals surface area contributed by atoms with Crippen LogP contribution in [0.2, 0.25) is 5.02 Å². The lowest BCUT2D eigenvalue weighted by Crippen LogP contribution is -2.55. The third-order valence-corrected chi connectivity index (χ3v) is 10.7. The van der Waals surface area contributed by atoms with Crippen LogP contribution in [0.5, 0.6) is 0 Å². The molecule has 4 aromatic rings. The summed E-state index contributed by atoms with van der Waals surface area (Å²) in [6, 6.07) is 31.2. The molecule has 0 saturated heterocycles. The van der Waals surface area contributed by atoms with Gasteiger partial charge in [-0.25, -0.2) is 8.42 Å². The monoisotopic (exact) mass is 671 g/mol. The number of sulfonamides is 1. The third-order valence-electron chi connectivity index (χ3n) is 8.71. The fraction of sp³-hybridized carbons (Fsp3) is 0.316. The molecule has 47 heavy (non-hydrogen) atoms. The number of aryl methyl sites for hydroxylation is 1. The van der Waals surface area contributed by atoms with Crippen LogP contribution in [0, 0.1) is 0 Å². The smallest absolute Gasteiger partial charge is 0.264 e. The van der Waals surface area contributed by atoms with Crippen molar-refractivity contribution >= 4 is 39.1 Å². The number of hydrogen-bond donors (Lipinski definition) is 1. The number of amides is 2. The van der Waals surface area contributed by atoms with Crippen LogP contribution in [-0.4, -0.2) is 43.8 Å². The van der Waals surface area contributed by atoms with Crippen LogP contribution in [-0.2, 0) is 39.0 Å². The Morgan fingerprint density at radius 1 is 0.809 bits per heavy atom. The molecule has 1 aliphatic carbocycles. The number of halogens is 1. The summed E-state index contributed by atoms with van der Waals surface area (Å²) >= 11 is 6.36. The van der Waals surface area contributed by atoms with Gasteiger partial charge in [-0.1, -0.05) is 111 Å². The lowest BCUT2D eigenvalue weighted by molar-refractivity contribution is -0.140. The van der Waals surface area contributed by atoms with E-state index in [1.54, 1.807) is 48.5 Å². The largest absolute Gasteiger partial charge is 0.352 e. The second-order valence-corrected chi connectivity index (χ2v) is 14.3. The highest BCUT2D eigenvalue weighted by Crippen LogP contribution is 2.26. The summed E-state index contributed by atoms with van der Waals surface area (Å²) in [6.07, 6.45) is 6.07. The maximum absolute atomic E-state index is 14.7. The van der Waals surface area contributed by atoms with Crippen molar-refractivity contribution in [2.24, 2.45) is 0 Å². The highest BCUT2D eigenvalue weighted by Gasteiger charge is 2.35. The summed E-state index contributed by atoms with van der Waals surface area (Å²) in [5.74, 6) is -0.746. The molecule has 7 nitrogen and oxygen atoms in total. The number of anilines is 1. The van der Waals surface area contributed by atoms with E-state index in [1.165, 1.54) is 17.0 Å². The standard InChI is InChI=1S/C38H42ClN3O4S/c1-2-29-21-23-34(24-22-29)42(47(45,46)35-19-10-5-11-20-35)28-37(43)41(27-31-15-12-16-32(39)25-31)36(26-30-13-6-3-7-14-30)38(44)40-33-17-8-4-9-18-33/h3,5-7,10-16,19-25,33,36H,2,4,8-9,17-18,26-28H2,1H3,(H,40,44)/t36-/m1/s1. The molecule has 0 bridgehead atoms. The minimum atomic E-state index is -4.15. The second-order valence-electron chi connectivity index (χ2n) is 12.0. The van der Waals surface area contributed by atoms with Gasteiger partial charge in [0.25, 0.3) is 10.0 Å². The maximum atomic E-state index is 14.7. The van der Waals surface area contributed by atoms with Gasteiger partial charge in [-0.15, -0.1) is 0 Å². The molecular weight excluding hydrogens is 630 g/mol. The van der Waals surface area contributed by atoms with E-state index in [9.17, 15) is 18.0 Å². The van der Waals surface area contributed by atoms with Crippen molar-refractivity contribution in [3.8, 4) is 0 Å². The summed E-state index contributed by atoms with van der Waals surface area (Å²) < 4.78 is 29.5. The van der Waals surface area contributed by atoms with Crippen molar-refractivity contribution in [1.29, 1.82) is 0 Å². The molecule has 1 fully saturated rings. The van der Waals surface area contributed by atoms with E-state index in [4.69, 9.17) is 11.6 Å². The Bertz CT molecular complexity index is 1730. The topological polar surface area (TPSA) is 86.8 Å². The Hall–Kier alpha value is -4.14. The molecule has 1 atom stereocenters. The van der Waals surface area contributed by atoms with Crippen LogP contribution in [0.25, 0.3) is 0 Å². The van der Waals surface area contributed by atoms with Gasteiger partial charge in [0.1, 0.15) is 12.6 Å². The first-order valence-corrected chi connectivity index (χ1v) is 18.1. The van der Waals surface area contributed by atoms with Gasteiger partial charge in [0, 0.05) is 24.0 Å². The zero-order valence-electron chi connectivity index (χ0n) is 26.7. The van der Waals surface area contributed by atoms with Crippen LogP contribution in [0.15, 0.2) is 114 Å². The van der Waals surface area contributed by atoms with Gasteiger partial charge in [0.05, 0.1) is 10.6 Å². The van der Waals surface area contributed by atoms with E-state index >= 15 is 0 Å². The maximum Gasteiger partial charge on any atom is 0.264 e. The third kappa shape index (κ3) is 9.02. The molecule has 0 unspecified atom stereocenters. The lowest BCUT2D eigenvalue weighted by atomic mass is 9.94. The highest BCUT2D eigenvalue weighted by molar-refractivity contribution is 7.92.